The summed E-state index contributed by atoms with van der Waals surface area (Å²) in [5.41, 5.74) is 3.71. The second-order valence-corrected chi connectivity index (χ2v) is 8.79. The highest BCUT2D eigenvalue weighted by Gasteiger charge is 2.33. The number of carboxylic acid groups (broad SMARTS) is 1. The highest BCUT2D eigenvalue weighted by atomic mass is 19.4. The van der Waals surface area contributed by atoms with Gasteiger partial charge in [-0.15, -0.1) is 0 Å². The van der Waals surface area contributed by atoms with E-state index in [0.717, 1.165) is 47.4 Å². The van der Waals surface area contributed by atoms with Crippen LogP contribution in [0.1, 0.15) is 34.8 Å². The van der Waals surface area contributed by atoms with Gasteiger partial charge in [-0.1, -0.05) is 18.2 Å². The zero-order chi connectivity index (χ0) is 25.6. The van der Waals surface area contributed by atoms with Crippen LogP contribution in [-0.2, 0) is 6.54 Å². The molecule has 1 fully saturated rings. The first-order valence-corrected chi connectivity index (χ1v) is 11.5. The van der Waals surface area contributed by atoms with Crippen LogP contribution in [0.2, 0.25) is 0 Å². The van der Waals surface area contributed by atoms with Gasteiger partial charge in [-0.25, -0.2) is 4.79 Å². The third-order valence-corrected chi connectivity index (χ3v) is 6.29. The number of benzene rings is 2. The summed E-state index contributed by atoms with van der Waals surface area (Å²) in [6.45, 7) is 7.26. The summed E-state index contributed by atoms with van der Waals surface area (Å²) in [4.78, 5) is 17.7. The van der Waals surface area contributed by atoms with Gasteiger partial charge in [-0.3, -0.25) is 9.80 Å². The fraction of sp³-hybridized carbons (Fsp3) is 0.423. The van der Waals surface area contributed by atoms with Crippen molar-refractivity contribution in [2.45, 2.75) is 39.0 Å². The fourth-order valence-corrected chi connectivity index (χ4v) is 4.41. The minimum absolute atomic E-state index is 0.331. The van der Waals surface area contributed by atoms with E-state index < -0.39 is 24.6 Å². The predicted octanol–water partition coefficient (Wildman–Crippen LogP) is 5.33. The molecule has 1 saturated heterocycles. The molecule has 2 heterocycles. The van der Waals surface area contributed by atoms with Gasteiger partial charge >= 0.3 is 12.1 Å². The highest BCUT2D eigenvalue weighted by Crippen LogP contribution is 2.32. The average molecular weight is 492 g/mol. The van der Waals surface area contributed by atoms with Gasteiger partial charge in [0.2, 0.25) is 0 Å². The second kappa shape index (κ2) is 11.6. The number of H-pyrrole nitrogens is 1. The van der Waals surface area contributed by atoms with Gasteiger partial charge < -0.3 is 14.8 Å². The number of aryl methyl sites for hydroxylation is 1. The molecule has 9 heteroatoms. The molecule has 6 nitrogen and oxygen atoms in total. The molecule has 1 unspecified atom stereocenters. The Balaban J connectivity index is 0.000000320. The number of hydrogen-bond acceptors (Lipinski definition) is 4. The first-order chi connectivity index (χ1) is 16.6. The number of alkyl halides is 3. The van der Waals surface area contributed by atoms with E-state index in [2.05, 4.69) is 16.0 Å². The van der Waals surface area contributed by atoms with Gasteiger partial charge in [0.05, 0.1) is 19.1 Å². The fourth-order valence-electron chi connectivity index (χ4n) is 4.41. The predicted molar refractivity (Wildman–Crippen MR) is 130 cm³/mol. The van der Waals surface area contributed by atoms with Crippen LogP contribution in [0.15, 0.2) is 48.7 Å². The highest BCUT2D eigenvalue weighted by molar-refractivity contribution is 5.88. The summed E-state index contributed by atoms with van der Waals surface area (Å²) >= 11 is 0. The number of nitrogens with zero attached hydrogens (tertiary/aromatic N) is 2. The monoisotopic (exact) mass is 491 g/mol. The molecule has 4 rings (SSSR count). The molecule has 0 aliphatic carbocycles. The first-order valence-electron chi connectivity index (χ1n) is 11.5. The van der Waals surface area contributed by atoms with Gasteiger partial charge in [0.1, 0.15) is 5.75 Å². The molecule has 35 heavy (non-hydrogen) atoms. The molecule has 0 amide bonds. The largest absolute Gasteiger partial charge is 0.496 e. The zero-order valence-corrected chi connectivity index (χ0v) is 20.2. The van der Waals surface area contributed by atoms with Crippen molar-refractivity contribution >= 4 is 16.9 Å². The lowest BCUT2D eigenvalue weighted by atomic mass is 10.0. The number of hydrogen-bond donors (Lipinski definition) is 2. The summed E-state index contributed by atoms with van der Waals surface area (Å²) in [6.07, 6.45) is -2.92. The Morgan fingerprint density at radius 1 is 1.14 bits per heavy atom. The second-order valence-electron chi connectivity index (χ2n) is 8.79. The van der Waals surface area contributed by atoms with Crippen LogP contribution in [0.25, 0.3) is 10.9 Å². The number of aromatic amines is 1. The lowest BCUT2D eigenvalue weighted by Gasteiger charge is -2.38. The number of carboxylic acids is 1. The van der Waals surface area contributed by atoms with Crippen molar-refractivity contribution < 1.29 is 27.8 Å². The van der Waals surface area contributed by atoms with Crippen molar-refractivity contribution in [3.05, 3.63) is 65.4 Å². The molecule has 1 aromatic heterocycles. The van der Waals surface area contributed by atoms with Crippen molar-refractivity contribution in [3.63, 3.8) is 0 Å². The number of aromatic nitrogens is 1. The molecule has 0 bridgehead atoms. The molecule has 1 aliphatic heterocycles. The summed E-state index contributed by atoms with van der Waals surface area (Å²) in [5, 5.41) is 9.53. The van der Waals surface area contributed by atoms with E-state index in [1.807, 2.05) is 24.1 Å². The standard InChI is InChI=1S/C19H26F3N3O.C7H6O2/c1-13-10-17(26-3)16(15-4-5-23-18(13)15)12-24-6-8-25(9-7-24)14(2)11-19(20,21)22;8-7(9)6-4-2-1-3-5-6/h4-5,10,14,23H,6-9,11-12H2,1-3H3;1-5H,(H,8,9). The third kappa shape index (κ3) is 7.22. The number of fused-ring (bicyclic) bond motifs is 1. The summed E-state index contributed by atoms with van der Waals surface area (Å²) in [5.74, 6) is -0.0157. The van der Waals surface area contributed by atoms with Gasteiger partial charge in [0.15, 0.2) is 0 Å². The molecule has 190 valence electrons. The maximum absolute atomic E-state index is 12.6. The maximum Gasteiger partial charge on any atom is 0.390 e. The summed E-state index contributed by atoms with van der Waals surface area (Å²) in [7, 11) is 1.67. The number of piperazine rings is 1. The number of ether oxygens (including phenoxy) is 1. The quantitative estimate of drug-likeness (QED) is 0.488. The van der Waals surface area contributed by atoms with E-state index in [-0.39, 0.29) is 0 Å². The first kappa shape index (κ1) is 26.6. The Kier molecular flexibility index (Phi) is 8.80. The van der Waals surface area contributed by atoms with Gasteiger partial charge in [-0.05, 0) is 43.7 Å². The Morgan fingerprint density at radius 2 is 1.80 bits per heavy atom. The van der Waals surface area contributed by atoms with Crippen molar-refractivity contribution in [2.24, 2.45) is 0 Å². The molecule has 0 radical (unpaired) electrons. The van der Waals surface area contributed by atoms with E-state index >= 15 is 0 Å². The van der Waals surface area contributed by atoms with Crippen LogP contribution >= 0.6 is 0 Å². The molecule has 2 N–H and O–H groups in total. The lowest BCUT2D eigenvalue weighted by molar-refractivity contribution is -0.147. The normalized spacial score (nSPS) is 15.9. The number of methoxy groups -OCH3 is 1. The summed E-state index contributed by atoms with van der Waals surface area (Å²) < 4.78 is 43.4. The van der Waals surface area contributed by atoms with Crippen LogP contribution in [0, 0.1) is 6.92 Å². The van der Waals surface area contributed by atoms with Crippen LogP contribution in [0.4, 0.5) is 13.2 Å². The van der Waals surface area contributed by atoms with Crippen LogP contribution in [0.3, 0.4) is 0 Å². The van der Waals surface area contributed by atoms with E-state index in [4.69, 9.17) is 9.84 Å². The molecule has 0 spiro atoms. The minimum atomic E-state index is -4.11. The number of nitrogens with one attached hydrogen (secondary N) is 1. The van der Waals surface area contributed by atoms with E-state index in [1.165, 1.54) is 0 Å². The lowest BCUT2D eigenvalue weighted by Crippen LogP contribution is -2.50. The van der Waals surface area contributed by atoms with Crippen LogP contribution in [0.5, 0.6) is 5.75 Å². The number of carbonyl (C=O) groups is 1. The molecule has 1 aliphatic rings. The van der Waals surface area contributed by atoms with Gasteiger partial charge in [0.25, 0.3) is 0 Å². The smallest absolute Gasteiger partial charge is 0.390 e. The van der Waals surface area contributed by atoms with E-state index in [9.17, 15) is 18.0 Å². The van der Waals surface area contributed by atoms with Crippen molar-refractivity contribution in [2.75, 3.05) is 33.3 Å². The number of halogens is 3. The number of aromatic carboxylic acids is 1. The van der Waals surface area contributed by atoms with Crippen LogP contribution in [-0.4, -0.2) is 71.4 Å². The molecule has 0 saturated carbocycles. The topological polar surface area (TPSA) is 68.8 Å². The van der Waals surface area contributed by atoms with E-state index in [1.54, 1.807) is 44.4 Å². The van der Waals surface area contributed by atoms with Crippen molar-refractivity contribution in [1.29, 1.82) is 0 Å². The Labute approximate surface area is 203 Å². The van der Waals surface area contributed by atoms with Crippen molar-refractivity contribution in [1.82, 2.24) is 14.8 Å². The minimum Gasteiger partial charge on any atom is -0.496 e. The number of rotatable bonds is 6. The average Bonchev–Trinajstić information content (AvgIpc) is 3.32. The van der Waals surface area contributed by atoms with Crippen LogP contribution < -0.4 is 4.74 Å². The Morgan fingerprint density at radius 3 is 2.34 bits per heavy atom. The molecular weight excluding hydrogens is 459 g/mol. The van der Waals surface area contributed by atoms with E-state index in [0.29, 0.717) is 18.7 Å². The Bertz CT molecular complexity index is 1110. The Hall–Kier alpha value is -3.04. The molecule has 1 atom stereocenters. The molecule has 3 aromatic rings. The molecule has 2 aromatic carbocycles. The maximum atomic E-state index is 12.6. The zero-order valence-electron chi connectivity index (χ0n) is 20.2. The van der Waals surface area contributed by atoms with Gasteiger partial charge in [0, 0.05) is 61.4 Å². The summed E-state index contributed by atoms with van der Waals surface area (Å²) in [6, 6.07) is 11.9. The van der Waals surface area contributed by atoms with Gasteiger partial charge in [-0.2, -0.15) is 13.2 Å². The third-order valence-electron chi connectivity index (χ3n) is 6.29. The van der Waals surface area contributed by atoms with Crippen molar-refractivity contribution in [3.8, 4) is 5.75 Å². The molecular formula is C26H32F3N3O3. The SMILES string of the molecule is COc1cc(C)c2[nH]ccc2c1CN1CCN(C(C)CC(F)(F)F)CC1.O=C(O)c1ccccc1.